The first-order valence-corrected chi connectivity index (χ1v) is 6.19. The van der Waals surface area contributed by atoms with E-state index in [-0.39, 0.29) is 42.4 Å². The third kappa shape index (κ3) is 7.29. The second-order valence-electron chi connectivity index (χ2n) is 3.45. The van der Waals surface area contributed by atoms with Gasteiger partial charge in [0.2, 0.25) is 0 Å². The Morgan fingerprint density at radius 3 is 2.32 bits per heavy atom. The highest BCUT2D eigenvalue weighted by atomic mass is 35.5. The molecule has 0 spiro atoms. The molecule has 8 heteroatoms. The van der Waals surface area contributed by atoms with Crippen molar-refractivity contribution in [3.8, 4) is 0 Å². The number of halogens is 4. The summed E-state index contributed by atoms with van der Waals surface area (Å²) in [5.74, 6) is -0.586. The van der Waals surface area contributed by atoms with Crippen LogP contribution < -0.4 is 11.1 Å². The van der Waals surface area contributed by atoms with Crippen LogP contribution in [-0.2, 0) is 6.54 Å². The summed E-state index contributed by atoms with van der Waals surface area (Å²) in [6.45, 7) is 0.353. The van der Waals surface area contributed by atoms with Crippen LogP contribution >= 0.6 is 24.2 Å². The van der Waals surface area contributed by atoms with E-state index in [9.17, 15) is 18.0 Å². The summed E-state index contributed by atoms with van der Waals surface area (Å²) < 4.78 is 35.5. The van der Waals surface area contributed by atoms with Gasteiger partial charge in [0.15, 0.2) is 0 Å². The quantitative estimate of drug-likeness (QED) is 0.821. The SMILES string of the molecule is Cl.NCc1ccc(C(=O)NCCSC(F)(F)F)cc1. The van der Waals surface area contributed by atoms with Crippen LogP contribution in [0.5, 0.6) is 0 Å². The van der Waals surface area contributed by atoms with Crippen LogP contribution in [0, 0.1) is 0 Å². The zero-order valence-electron chi connectivity index (χ0n) is 9.87. The van der Waals surface area contributed by atoms with Gasteiger partial charge in [-0.05, 0) is 29.5 Å². The fourth-order valence-corrected chi connectivity index (χ4v) is 1.66. The zero-order chi connectivity index (χ0) is 13.6. The number of amides is 1. The standard InChI is InChI=1S/C11H13F3N2OS.ClH/c12-11(13,14)18-6-5-16-10(17)9-3-1-8(7-15)2-4-9;/h1-4H,5-7,15H2,(H,16,17);1H. The van der Waals surface area contributed by atoms with Crippen LogP contribution in [0.15, 0.2) is 24.3 Å². The molecule has 19 heavy (non-hydrogen) atoms. The van der Waals surface area contributed by atoms with Gasteiger partial charge in [-0.3, -0.25) is 4.79 Å². The van der Waals surface area contributed by atoms with Gasteiger partial charge in [0.05, 0.1) is 0 Å². The summed E-state index contributed by atoms with van der Waals surface area (Å²) in [7, 11) is 0. The molecular formula is C11H14ClF3N2OS. The van der Waals surface area contributed by atoms with Crippen molar-refractivity contribution in [2.75, 3.05) is 12.3 Å². The Morgan fingerprint density at radius 1 is 1.26 bits per heavy atom. The maximum absolute atomic E-state index is 11.8. The van der Waals surface area contributed by atoms with E-state index in [1.807, 2.05) is 0 Å². The van der Waals surface area contributed by atoms with E-state index in [0.29, 0.717) is 12.1 Å². The maximum Gasteiger partial charge on any atom is 0.441 e. The maximum atomic E-state index is 11.8. The smallest absolute Gasteiger partial charge is 0.351 e. The molecule has 0 heterocycles. The Bertz CT molecular complexity index is 398. The Kier molecular flexibility index (Phi) is 7.89. The molecule has 0 fully saturated rings. The van der Waals surface area contributed by atoms with Crippen molar-refractivity contribution in [2.24, 2.45) is 5.73 Å². The van der Waals surface area contributed by atoms with Crippen molar-refractivity contribution >= 4 is 30.1 Å². The highest BCUT2D eigenvalue weighted by Crippen LogP contribution is 2.29. The fourth-order valence-electron chi connectivity index (χ4n) is 1.23. The van der Waals surface area contributed by atoms with Gasteiger partial charge in [0, 0.05) is 24.4 Å². The summed E-state index contributed by atoms with van der Waals surface area (Å²) in [4.78, 5) is 11.5. The lowest BCUT2D eigenvalue weighted by molar-refractivity contribution is -0.0327. The van der Waals surface area contributed by atoms with E-state index in [2.05, 4.69) is 5.32 Å². The largest absolute Gasteiger partial charge is 0.441 e. The van der Waals surface area contributed by atoms with Gasteiger partial charge < -0.3 is 11.1 Å². The van der Waals surface area contributed by atoms with Gasteiger partial charge in [-0.25, -0.2) is 0 Å². The molecule has 0 aliphatic rings. The molecule has 0 saturated carbocycles. The number of benzene rings is 1. The molecule has 3 nitrogen and oxygen atoms in total. The minimum absolute atomic E-state index is 0. The first kappa shape index (κ1) is 18.1. The van der Waals surface area contributed by atoms with E-state index in [4.69, 9.17) is 5.73 Å². The average molecular weight is 315 g/mol. The van der Waals surface area contributed by atoms with E-state index in [1.165, 1.54) is 0 Å². The summed E-state index contributed by atoms with van der Waals surface area (Å²) >= 11 is -0.154. The topological polar surface area (TPSA) is 55.1 Å². The van der Waals surface area contributed by atoms with Crippen molar-refractivity contribution in [1.29, 1.82) is 0 Å². The van der Waals surface area contributed by atoms with Crippen molar-refractivity contribution in [2.45, 2.75) is 12.1 Å². The van der Waals surface area contributed by atoms with E-state index in [1.54, 1.807) is 24.3 Å². The lowest BCUT2D eigenvalue weighted by Crippen LogP contribution is -2.26. The number of nitrogens with two attached hydrogens (primary N) is 1. The van der Waals surface area contributed by atoms with Crippen LogP contribution in [0.25, 0.3) is 0 Å². The van der Waals surface area contributed by atoms with Gasteiger partial charge in [-0.15, -0.1) is 12.4 Å². The van der Waals surface area contributed by atoms with Crippen LogP contribution in [0.4, 0.5) is 13.2 Å². The number of alkyl halides is 3. The van der Waals surface area contributed by atoms with Crippen molar-refractivity contribution in [1.82, 2.24) is 5.32 Å². The normalized spacial score (nSPS) is 10.7. The molecule has 0 bridgehead atoms. The molecule has 0 unspecified atom stereocenters. The minimum Gasteiger partial charge on any atom is -0.351 e. The molecule has 0 radical (unpaired) electrons. The molecule has 0 saturated heterocycles. The van der Waals surface area contributed by atoms with E-state index >= 15 is 0 Å². The number of nitrogens with one attached hydrogen (secondary N) is 1. The van der Waals surface area contributed by atoms with E-state index < -0.39 is 5.51 Å². The number of hydrogen-bond donors (Lipinski definition) is 2. The highest BCUT2D eigenvalue weighted by Gasteiger charge is 2.27. The number of hydrogen-bond acceptors (Lipinski definition) is 3. The summed E-state index contributed by atoms with van der Waals surface area (Å²) in [5.41, 5.74) is 2.44. The monoisotopic (exact) mass is 314 g/mol. The molecule has 1 aromatic carbocycles. The van der Waals surface area contributed by atoms with Gasteiger partial charge in [0.25, 0.3) is 5.91 Å². The molecule has 0 aromatic heterocycles. The van der Waals surface area contributed by atoms with Crippen LogP contribution in [0.3, 0.4) is 0 Å². The average Bonchev–Trinajstić information content (AvgIpc) is 2.33. The second kappa shape index (κ2) is 8.29. The first-order valence-electron chi connectivity index (χ1n) is 5.20. The van der Waals surface area contributed by atoms with Gasteiger partial charge in [0.1, 0.15) is 0 Å². The van der Waals surface area contributed by atoms with Crippen LogP contribution in [0.2, 0.25) is 0 Å². The molecule has 1 amide bonds. The molecule has 3 N–H and O–H groups in total. The number of carbonyl (C=O) groups excluding carboxylic acids is 1. The molecule has 0 aliphatic carbocycles. The number of rotatable bonds is 5. The molecule has 0 aliphatic heterocycles. The Hall–Kier alpha value is -0.920. The molecule has 1 aromatic rings. The van der Waals surface area contributed by atoms with Gasteiger partial charge in [-0.1, -0.05) is 12.1 Å². The van der Waals surface area contributed by atoms with Crippen molar-refractivity contribution < 1.29 is 18.0 Å². The Balaban J connectivity index is 0.00000324. The fraction of sp³-hybridized carbons (Fsp3) is 0.364. The predicted molar refractivity (Wildman–Crippen MR) is 72.4 cm³/mol. The number of thioether (sulfide) groups is 1. The molecule has 0 atom stereocenters. The third-order valence-electron chi connectivity index (χ3n) is 2.11. The second-order valence-corrected chi connectivity index (χ2v) is 4.61. The molecule has 108 valence electrons. The molecule has 1 rings (SSSR count). The third-order valence-corrected chi connectivity index (χ3v) is 2.84. The van der Waals surface area contributed by atoms with Crippen LogP contribution in [0.1, 0.15) is 15.9 Å². The predicted octanol–water partition coefficient (Wildman–Crippen LogP) is 2.55. The first-order chi connectivity index (χ1) is 8.42. The van der Waals surface area contributed by atoms with Crippen molar-refractivity contribution in [3.05, 3.63) is 35.4 Å². The molecular weight excluding hydrogens is 301 g/mol. The zero-order valence-corrected chi connectivity index (χ0v) is 11.5. The lowest BCUT2D eigenvalue weighted by Gasteiger charge is -2.07. The lowest BCUT2D eigenvalue weighted by atomic mass is 10.1. The van der Waals surface area contributed by atoms with Gasteiger partial charge >= 0.3 is 5.51 Å². The number of carbonyl (C=O) groups is 1. The Morgan fingerprint density at radius 2 is 1.84 bits per heavy atom. The van der Waals surface area contributed by atoms with Gasteiger partial charge in [-0.2, -0.15) is 13.2 Å². The summed E-state index contributed by atoms with van der Waals surface area (Å²) in [6, 6.07) is 6.60. The minimum atomic E-state index is -4.26. The Labute approximate surface area is 119 Å². The summed E-state index contributed by atoms with van der Waals surface area (Å²) in [6.07, 6.45) is 0. The van der Waals surface area contributed by atoms with Crippen LogP contribution in [-0.4, -0.2) is 23.7 Å². The highest BCUT2D eigenvalue weighted by molar-refractivity contribution is 8.00. The summed E-state index contributed by atoms with van der Waals surface area (Å²) in [5, 5.41) is 2.42. The van der Waals surface area contributed by atoms with E-state index in [0.717, 1.165) is 5.56 Å². The van der Waals surface area contributed by atoms with Crippen molar-refractivity contribution in [3.63, 3.8) is 0 Å².